The number of unbranched alkanes of at least 4 members (excludes halogenated alkanes) is 5. The van der Waals surface area contributed by atoms with E-state index in [4.69, 9.17) is 14.2 Å². The predicted molar refractivity (Wildman–Crippen MR) is 161 cm³/mol. The van der Waals surface area contributed by atoms with Gasteiger partial charge in [-0.25, -0.2) is 4.79 Å². The number of hydrogen-bond acceptors (Lipinski definition) is 4. The van der Waals surface area contributed by atoms with Gasteiger partial charge in [-0.15, -0.1) is 0 Å². The fraction of sp³-hybridized carbons (Fsp3) is 0.400. The van der Waals surface area contributed by atoms with E-state index in [0.717, 1.165) is 61.2 Å². The van der Waals surface area contributed by atoms with Gasteiger partial charge in [0, 0.05) is 12.8 Å². The summed E-state index contributed by atoms with van der Waals surface area (Å²) in [6.45, 7) is 1.42. The zero-order chi connectivity index (χ0) is 28.5. The summed E-state index contributed by atoms with van der Waals surface area (Å²) in [6, 6.07) is 27.7. The lowest BCUT2D eigenvalue weighted by Crippen LogP contribution is -2.51. The van der Waals surface area contributed by atoms with E-state index in [1.54, 1.807) is 0 Å². The van der Waals surface area contributed by atoms with Crippen LogP contribution in [0.15, 0.2) is 84.9 Å². The zero-order valence-electron chi connectivity index (χ0n) is 24.3. The quantitative estimate of drug-likeness (QED) is 0.0860. The fourth-order valence-electron chi connectivity index (χ4n) is 4.26. The normalized spacial score (nSPS) is 11.7. The summed E-state index contributed by atoms with van der Waals surface area (Å²) in [5, 5.41) is 0. The number of esters is 1. The summed E-state index contributed by atoms with van der Waals surface area (Å²) >= 11 is 0. The minimum absolute atomic E-state index is 0.110. The van der Waals surface area contributed by atoms with Crippen LogP contribution in [0.3, 0.4) is 0 Å². The average Bonchev–Trinajstić information content (AvgIpc) is 2.96. The number of hydrogen-bond donors (Lipinski definition) is 0. The number of ether oxygens (including phenoxy) is 3. The third-order valence-corrected chi connectivity index (χ3v) is 6.68. The first-order valence-electron chi connectivity index (χ1n) is 14.3. The summed E-state index contributed by atoms with van der Waals surface area (Å²) < 4.78 is 17.7. The molecule has 0 aliphatic rings. The molecule has 1 atom stereocenters. The van der Waals surface area contributed by atoms with Gasteiger partial charge in [-0.05, 0) is 48.2 Å². The highest BCUT2D eigenvalue weighted by molar-refractivity contribution is 5.75. The third-order valence-electron chi connectivity index (χ3n) is 6.68. The molecule has 3 aromatic carbocycles. The summed E-state index contributed by atoms with van der Waals surface area (Å²) in [7, 11) is 6.14. The van der Waals surface area contributed by atoms with Gasteiger partial charge in [-0.1, -0.05) is 91.8 Å². The van der Waals surface area contributed by atoms with Crippen molar-refractivity contribution in [1.82, 2.24) is 0 Å². The van der Waals surface area contributed by atoms with Gasteiger partial charge in [0.2, 0.25) is 0 Å². The lowest BCUT2D eigenvalue weighted by Gasteiger charge is -2.32. The Kier molecular flexibility index (Phi) is 13.1. The molecule has 0 radical (unpaired) electrons. The summed E-state index contributed by atoms with van der Waals surface area (Å²) in [5.74, 6) is 7.79. The van der Waals surface area contributed by atoms with E-state index in [1.165, 1.54) is 0 Å². The highest BCUT2D eigenvalue weighted by Gasteiger charge is 2.33. The third kappa shape index (κ3) is 12.0. The van der Waals surface area contributed by atoms with E-state index < -0.39 is 0 Å². The fourth-order valence-corrected chi connectivity index (χ4v) is 4.26. The van der Waals surface area contributed by atoms with Gasteiger partial charge < -0.3 is 18.7 Å². The molecular weight excluding hydrogens is 498 g/mol. The maximum absolute atomic E-state index is 12.8. The molecule has 40 heavy (non-hydrogen) atoms. The Balaban J connectivity index is 1.20. The van der Waals surface area contributed by atoms with Gasteiger partial charge in [0.05, 0.1) is 27.7 Å². The molecule has 3 aromatic rings. The molecule has 0 aliphatic heterocycles. The Labute approximate surface area is 240 Å². The van der Waals surface area contributed by atoms with Gasteiger partial charge in [-0.2, -0.15) is 0 Å². The van der Waals surface area contributed by atoms with Crippen LogP contribution in [-0.2, 0) is 22.6 Å². The Hall–Kier alpha value is -3.75. The van der Waals surface area contributed by atoms with Gasteiger partial charge in [0.25, 0.3) is 0 Å². The Morgan fingerprint density at radius 1 is 0.700 bits per heavy atom. The molecule has 0 aliphatic carbocycles. The first-order valence-corrected chi connectivity index (χ1v) is 14.3. The first-order chi connectivity index (χ1) is 19.4. The second-order valence-electron chi connectivity index (χ2n) is 10.9. The molecule has 0 spiro atoms. The van der Waals surface area contributed by atoms with Crippen molar-refractivity contribution >= 4 is 5.97 Å². The zero-order valence-corrected chi connectivity index (χ0v) is 24.3. The lowest BCUT2D eigenvalue weighted by molar-refractivity contribution is -0.887. The predicted octanol–water partition coefficient (Wildman–Crippen LogP) is 6.85. The van der Waals surface area contributed by atoms with E-state index in [-0.39, 0.29) is 12.0 Å². The van der Waals surface area contributed by atoms with Crippen LogP contribution in [-0.4, -0.2) is 50.9 Å². The van der Waals surface area contributed by atoms with Gasteiger partial charge >= 0.3 is 5.97 Å². The number of carbonyl (C=O) groups is 1. The van der Waals surface area contributed by atoms with Crippen LogP contribution in [0.4, 0.5) is 0 Å². The minimum Gasteiger partial charge on any atom is -0.489 e. The molecule has 5 heteroatoms. The van der Waals surface area contributed by atoms with Gasteiger partial charge in [-0.3, -0.25) is 0 Å². The molecule has 0 aromatic heterocycles. The molecule has 212 valence electrons. The number of likely N-dealkylation sites (N-methyl/N-ethyl adjacent to an activating group) is 1. The lowest BCUT2D eigenvalue weighted by atomic mass is 10.0. The van der Waals surface area contributed by atoms with Gasteiger partial charge in [0.15, 0.2) is 6.04 Å². The van der Waals surface area contributed by atoms with Crippen molar-refractivity contribution in [3.8, 4) is 23.3 Å². The second-order valence-corrected chi connectivity index (χ2v) is 10.9. The molecule has 3 rings (SSSR count). The minimum atomic E-state index is -0.205. The first kappa shape index (κ1) is 30.8. The van der Waals surface area contributed by atoms with Crippen molar-refractivity contribution in [2.24, 2.45) is 0 Å². The van der Waals surface area contributed by atoms with Crippen molar-refractivity contribution in [2.75, 3.05) is 34.4 Å². The second kappa shape index (κ2) is 17.0. The van der Waals surface area contributed by atoms with Crippen LogP contribution >= 0.6 is 0 Å². The van der Waals surface area contributed by atoms with E-state index in [1.807, 2.05) is 93.9 Å². The SMILES string of the molecule is C[N+](C)(C)C(Cc1ccccc1)C(=O)OCCCCCCCC#CCOc1ccc(OCc2ccccc2)cc1. The highest BCUT2D eigenvalue weighted by atomic mass is 16.5. The smallest absolute Gasteiger partial charge is 0.365 e. The number of carbonyl (C=O) groups excluding carboxylic acids is 1. The summed E-state index contributed by atoms with van der Waals surface area (Å²) in [5.41, 5.74) is 2.30. The summed E-state index contributed by atoms with van der Waals surface area (Å²) in [4.78, 5) is 12.8. The molecule has 0 fully saturated rings. The molecule has 5 nitrogen and oxygen atoms in total. The molecule has 0 bridgehead atoms. The average molecular weight is 543 g/mol. The van der Waals surface area contributed by atoms with Gasteiger partial charge in [0.1, 0.15) is 24.7 Å². The van der Waals surface area contributed by atoms with Crippen molar-refractivity contribution in [1.29, 1.82) is 0 Å². The van der Waals surface area contributed by atoms with Crippen molar-refractivity contribution in [3.05, 3.63) is 96.1 Å². The van der Waals surface area contributed by atoms with Crippen LogP contribution in [0.1, 0.15) is 49.7 Å². The number of benzene rings is 3. The summed E-state index contributed by atoms with van der Waals surface area (Å²) in [6.07, 6.45) is 6.83. The maximum Gasteiger partial charge on any atom is 0.365 e. The van der Waals surface area contributed by atoms with Crippen molar-refractivity contribution < 1.29 is 23.5 Å². The standard InChI is InChI=1S/C35H44NO4/c1-36(2,3)34(28-30-18-12-10-13-19-30)35(37)39-27-17-9-7-5-4-6-8-16-26-38-32-22-24-33(25-23-32)40-29-31-20-14-11-15-21-31/h10-15,18-25,34H,4-7,9,17,26-29H2,1-3H3/q+1. The number of rotatable bonds is 16. The molecular formula is C35H44NO4+. The molecule has 0 saturated carbocycles. The topological polar surface area (TPSA) is 44.8 Å². The Morgan fingerprint density at radius 3 is 1.93 bits per heavy atom. The Bertz CT molecular complexity index is 1180. The van der Waals surface area contributed by atoms with E-state index >= 15 is 0 Å². The molecule has 0 amide bonds. The molecule has 0 N–H and O–H groups in total. The largest absolute Gasteiger partial charge is 0.489 e. The van der Waals surface area contributed by atoms with Crippen LogP contribution in [0, 0.1) is 11.8 Å². The monoisotopic (exact) mass is 542 g/mol. The van der Waals surface area contributed by atoms with E-state index in [0.29, 0.717) is 30.7 Å². The highest BCUT2D eigenvalue weighted by Crippen LogP contribution is 2.19. The van der Waals surface area contributed by atoms with E-state index in [2.05, 4.69) is 24.0 Å². The molecule has 0 heterocycles. The van der Waals surface area contributed by atoms with E-state index in [9.17, 15) is 4.79 Å². The Morgan fingerprint density at radius 2 is 1.27 bits per heavy atom. The number of quaternary nitrogens is 1. The van der Waals surface area contributed by atoms with Crippen LogP contribution in [0.25, 0.3) is 0 Å². The van der Waals surface area contributed by atoms with Crippen molar-refractivity contribution in [3.63, 3.8) is 0 Å². The van der Waals surface area contributed by atoms with Crippen LogP contribution in [0.5, 0.6) is 11.5 Å². The molecule has 1 unspecified atom stereocenters. The van der Waals surface area contributed by atoms with Crippen molar-refractivity contribution in [2.45, 2.75) is 57.6 Å². The maximum atomic E-state index is 12.8. The number of nitrogens with zero attached hydrogens (tertiary/aromatic N) is 1. The van der Waals surface area contributed by atoms with Crippen LogP contribution < -0.4 is 9.47 Å². The van der Waals surface area contributed by atoms with Crippen LogP contribution in [0.2, 0.25) is 0 Å². The molecule has 0 saturated heterocycles.